The third kappa shape index (κ3) is 3.38. The highest BCUT2D eigenvalue weighted by Crippen LogP contribution is 2.26. The van der Waals surface area contributed by atoms with Crippen molar-refractivity contribution in [2.24, 2.45) is 7.05 Å². The Balaban J connectivity index is 1.74. The predicted octanol–water partition coefficient (Wildman–Crippen LogP) is -0.920. The Labute approximate surface area is 135 Å². The molecule has 3 heterocycles. The normalized spacial score (nSPS) is 26.6. The zero-order chi connectivity index (χ0) is 16.6. The van der Waals surface area contributed by atoms with Crippen LogP contribution in [0.25, 0.3) is 0 Å². The molecule has 0 radical (unpaired) electrons. The lowest BCUT2D eigenvalue weighted by Gasteiger charge is -2.38. The van der Waals surface area contributed by atoms with E-state index in [1.54, 1.807) is 11.9 Å². The molecule has 1 amide bonds. The highest BCUT2D eigenvalue weighted by Gasteiger charge is 2.39. The second kappa shape index (κ2) is 6.17. The van der Waals surface area contributed by atoms with Gasteiger partial charge in [-0.2, -0.15) is 4.31 Å². The summed E-state index contributed by atoms with van der Waals surface area (Å²) in [6.45, 7) is 1.74. The summed E-state index contributed by atoms with van der Waals surface area (Å²) < 4.78 is 32.7. The van der Waals surface area contributed by atoms with E-state index < -0.39 is 10.0 Å². The van der Waals surface area contributed by atoms with E-state index in [0.29, 0.717) is 39.1 Å². The first-order valence-corrected chi connectivity index (χ1v) is 9.44. The predicted molar refractivity (Wildman–Crippen MR) is 81.2 cm³/mol. The first-order chi connectivity index (χ1) is 10.9. The second-order valence-corrected chi connectivity index (χ2v) is 7.90. The molecule has 0 bridgehead atoms. The van der Waals surface area contributed by atoms with Gasteiger partial charge in [0, 0.05) is 26.7 Å². The molecule has 10 heteroatoms. The van der Waals surface area contributed by atoms with Gasteiger partial charge in [-0.05, 0) is 12.8 Å². The minimum atomic E-state index is -3.28. The number of amides is 1. The molecule has 0 aliphatic carbocycles. The van der Waals surface area contributed by atoms with Gasteiger partial charge in [0.2, 0.25) is 15.8 Å². The number of aryl methyl sites for hydroxylation is 1. The molecule has 2 atom stereocenters. The highest BCUT2D eigenvalue weighted by atomic mass is 32.2. The molecule has 2 saturated heterocycles. The van der Waals surface area contributed by atoms with E-state index in [1.165, 1.54) is 21.6 Å². The van der Waals surface area contributed by atoms with Crippen molar-refractivity contribution in [2.45, 2.75) is 25.0 Å². The average molecular weight is 343 g/mol. The fourth-order valence-corrected chi connectivity index (χ4v) is 4.38. The third-order valence-corrected chi connectivity index (χ3v) is 5.63. The van der Waals surface area contributed by atoms with Crippen LogP contribution in [0, 0.1) is 0 Å². The zero-order valence-electron chi connectivity index (χ0n) is 13.3. The van der Waals surface area contributed by atoms with Gasteiger partial charge in [-0.1, -0.05) is 0 Å². The van der Waals surface area contributed by atoms with Crippen LogP contribution in [0.15, 0.2) is 6.33 Å². The van der Waals surface area contributed by atoms with Crippen LogP contribution < -0.4 is 0 Å². The number of hydrogen-bond acceptors (Lipinski definition) is 6. The Morgan fingerprint density at radius 1 is 1.30 bits per heavy atom. The molecule has 2 fully saturated rings. The number of aromatic nitrogens is 3. The molecule has 1 aromatic rings. The zero-order valence-corrected chi connectivity index (χ0v) is 14.1. The number of ether oxygens (including phenoxy) is 1. The summed E-state index contributed by atoms with van der Waals surface area (Å²) in [5.41, 5.74) is 0. The quantitative estimate of drug-likeness (QED) is 0.689. The van der Waals surface area contributed by atoms with Crippen LogP contribution in [0.4, 0.5) is 0 Å². The Bertz CT molecular complexity index is 688. The molecule has 0 unspecified atom stereocenters. The summed E-state index contributed by atoms with van der Waals surface area (Å²) in [7, 11) is -1.57. The number of carbonyl (C=O) groups excluding carboxylic acids is 1. The molecule has 2 aliphatic rings. The molecule has 2 aliphatic heterocycles. The van der Waals surface area contributed by atoms with E-state index in [-0.39, 0.29) is 23.9 Å². The largest absolute Gasteiger partial charge is 0.375 e. The van der Waals surface area contributed by atoms with Crippen LogP contribution in [-0.4, -0.2) is 82.9 Å². The van der Waals surface area contributed by atoms with Crippen molar-refractivity contribution >= 4 is 15.9 Å². The van der Waals surface area contributed by atoms with Gasteiger partial charge >= 0.3 is 0 Å². The summed E-state index contributed by atoms with van der Waals surface area (Å²) in [4.78, 5) is 18.1. The number of morpholine rings is 1. The molecule has 9 nitrogen and oxygen atoms in total. The SMILES string of the molecule is Cn1cnc(C(=O)N2CC[C@@H]3[C@@H](CC2)OCCN3S(C)(=O)=O)n1. The fourth-order valence-electron chi connectivity index (χ4n) is 3.24. The van der Waals surface area contributed by atoms with Gasteiger partial charge in [0.1, 0.15) is 6.33 Å². The van der Waals surface area contributed by atoms with Crippen LogP contribution in [0.2, 0.25) is 0 Å². The van der Waals surface area contributed by atoms with E-state index >= 15 is 0 Å². The number of fused-ring (bicyclic) bond motifs is 1. The van der Waals surface area contributed by atoms with Gasteiger partial charge in [0.05, 0.1) is 25.0 Å². The van der Waals surface area contributed by atoms with Gasteiger partial charge in [-0.3, -0.25) is 9.48 Å². The van der Waals surface area contributed by atoms with Crippen molar-refractivity contribution in [1.29, 1.82) is 0 Å². The first-order valence-electron chi connectivity index (χ1n) is 7.59. The molecular formula is C13H21N5O4S. The summed E-state index contributed by atoms with van der Waals surface area (Å²) in [6, 6.07) is -0.215. The molecule has 1 aromatic heterocycles. The Morgan fingerprint density at radius 2 is 2.04 bits per heavy atom. The Morgan fingerprint density at radius 3 is 2.70 bits per heavy atom. The van der Waals surface area contributed by atoms with E-state index in [2.05, 4.69) is 10.1 Å². The number of likely N-dealkylation sites (tertiary alicyclic amines) is 1. The lowest BCUT2D eigenvalue weighted by atomic mass is 10.0. The molecule has 23 heavy (non-hydrogen) atoms. The molecule has 0 N–H and O–H groups in total. The monoisotopic (exact) mass is 343 g/mol. The van der Waals surface area contributed by atoms with Crippen molar-refractivity contribution < 1.29 is 17.9 Å². The summed E-state index contributed by atoms with van der Waals surface area (Å²) in [5, 5.41) is 4.04. The number of hydrogen-bond donors (Lipinski definition) is 0. The van der Waals surface area contributed by atoms with E-state index in [9.17, 15) is 13.2 Å². The van der Waals surface area contributed by atoms with Gasteiger partial charge in [0.15, 0.2) is 0 Å². The topological polar surface area (TPSA) is 97.6 Å². The summed E-state index contributed by atoms with van der Waals surface area (Å²) in [5.74, 6) is -0.0617. The van der Waals surface area contributed by atoms with E-state index in [4.69, 9.17) is 4.74 Å². The Kier molecular flexibility index (Phi) is 4.39. The second-order valence-electron chi connectivity index (χ2n) is 5.96. The maximum atomic E-state index is 12.5. The first kappa shape index (κ1) is 16.3. The van der Waals surface area contributed by atoms with Gasteiger partial charge in [0.25, 0.3) is 5.91 Å². The lowest BCUT2D eigenvalue weighted by molar-refractivity contribution is -0.0406. The maximum Gasteiger partial charge on any atom is 0.293 e. The molecule has 0 saturated carbocycles. The van der Waals surface area contributed by atoms with Crippen molar-refractivity contribution in [3.05, 3.63) is 12.2 Å². The van der Waals surface area contributed by atoms with Crippen LogP contribution in [-0.2, 0) is 21.8 Å². The summed E-state index contributed by atoms with van der Waals surface area (Å²) >= 11 is 0. The van der Waals surface area contributed by atoms with Crippen molar-refractivity contribution in [1.82, 2.24) is 24.0 Å². The standard InChI is InChI=1S/C13H21N5O4S/c1-16-9-14-12(15-16)13(19)17-5-3-10-11(4-6-17)22-8-7-18(10)23(2,20)21/h9-11H,3-8H2,1-2H3/t10-,11-/m1/s1. The minimum absolute atomic E-state index is 0.165. The van der Waals surface area contributed by atoms with Crippen LogP contribution in [0.3, 0.4) is 0 Å². The molecule has 0 spiro atoms. The molecular weight excluding hydrogens is 322 g/mol. The maximum absolute atomic E-state index is 12.5. The van der Waals surface area contributed by atoms with Crippen LogP contribution >= 0.6 is 0 Å². The van der Waals surface area contributed by atoms with Crippen molar-refractivity contribution in [3.8, 4) is 0 Å². The van der Waals surface area contributed by atoms with Crippen molar-refractivity contribution in [2.75, 3.05) is 32.5 Å². The van der Waals surface area contributed by atoms with Crippen molar-refractivity contribution in [3.63, 3.8) is 0 Å². The van der Waals surface area contributed by atoms with Gasteiger partial charge in [-0.25, -0.2) is 13.4 Å². The minimum Gasteiger partial charge on any atom is -0.375 e. The molecule has 3 rings (SSSR count). The number of rotatable bonds is 2. The lowest BCUT2D eigenvalue weighted by Crippen LogP contribution is -2.53. The molecule has 128 valence electrons. The smallest absolute Gasteiger partial charge is 0.293 e. The van der Waals surface area contributed by atoms with Crippen LogP contribution in [0.5, 0.6) is 0 Å². The third-order valence-electron chi connectivity index (χ3n) is 4.33. The van der Waals surface area contributed by atoms with Gasteiger partial charge < -0.3 is 9.64 Å². The Hall–Kier alpha value is -1.52. The average Bonchev–Trinajstić information content (AvgIpc) is 2.81. The van der Waals surface area contributed by atoms with Crippen LogP contribution in [0.1, 0.15) is 23.5 Å². The fraction of sp³-hybridized carbons (Fsp3) is 0.769. The molecule has 0 aromatic carbocycles. The number of carbonyl (C=O) groups is 1. The van der Waals surface area contributed by atoms with Gasteiger partial charge in [-0.15, -0.1) is 5.10 Å². The van der Waals surface area contributed by atoms with E-state index in [1.807, 2.05) is 0 Å². The highest BCUT2D eigenvalue weighted by molar-refractivity contribution is 7.88. The number of sulfonamides is 1. The summed E-state index contributed by atoms with van der Waals surface area (Å²) in [6.07, 6.45) is 3.69. The van der Waals surface area contributed by atoms with E-state index in [0.717, 1.165) is 0 Å². The number of nitrogens with zero attached hydrogens (tertiary/aromatic N) is 5.